The van der Waals surface area contributed by atoms with Crippen molar-refractivity contribution in [1.82, 2.24) is 9.88 Å². The number of pyridine rings is 1. The number of hydrogen-bond donors (Lipinski definition) is 1. The van der Waals surface area contributed by atoms with E-state index in [0.29, 0.717) is 37.4 Å². The Labute approximate surface area is 105 Å². The number of methoxy groups -OCH3 is 1. The molecule has 0 unspecified atom stereocenters. The van der Waals surface area contributed by atoms with E-state index < -0.39 is 0 Å². The lowest BCUT2D eigenvalue weighted by molar-refractivity contribution is 0.0749. The van der Waals surface area contributed by atoms with Crippen LogP contribution >= 0.6 is 0 Å². The van der Waals surface area contributed by atoms with Crippen LogP contribution in [-0.2, 0) is 0 Å². The van der Waals surface area contributed by atoms with Gasteiger partial charge in [-0.25, -0.2) is 4.98 Å². The summed E-state index contributed by atoms with van der Waals surface area (Å²) in [6, 6.07) is 3.41. The van der Waals surface area contributed by atoms with Crippen LogP contribution < -0.4 is 4.74 Å². The summed E-state index contributed by atoms with van der Waals surface area (Å²) >= 11 is 0. The topological polar surface area (TPSA) is 75.0 Å². The highest BCUT2D eigenvalue weighted by atomic mass is 16.5. The van der Waals surface area contributed by atoms with Gasteiger partial charge in [0.1, 0.15) is 5.56 Å². The van der Waals surface area contributed by atoms with Crippen molar-refractivity contribution < 1.29 is 14.7 Å². The van der Waals surface area contributed by atoms with Crippen LogP contribution in [0.1, 0.15) is 23.2 Å². The lowest BCUT2D eigenvalue weighted by Gasteiger charge is -2.27. The van der Waals surface area contributed by atoms with E-state index in [1.54, 1.807) is 23.2 Å². The van der Waals surface area contributed by atoms with E-state index in [-0.39, 0.29) is 5.91 Å². The van der Waals surface area contributed by atoms with E-state index in [9.17, 15) is 4.79 Å². The molecule has 1 aliphatic heterocycles. The smallest absolute Gasteiger partial charge is 0.259 e. The number of likely N-dealkylation sites (tertiary alicyclic amines) is 1. The number of nitrogens with zero attached hydrogens (tertiary/aromatic N) is 3. The molecule has 0 spiro atoms. The van der Waals surface area contributed by atoms with Gasteiger partial charge in [-0.1, -0.05) is 5.16 Å². The van der Waals surface area contributed by atoms with Crippen molar-refractivity contribution in [2.45, 2.75) is 12.8 Å². The highest BCUT2D eigenvalue weighted by Gasteiger charge is 2.23. The molecule has 96 valence electrons. The number of aromatic nitrogens is 1. The fourth-order valence-corrected chi connectivity index (χ4v) is 1.95. The first kappa shape index (κ1) is 12.3. The minimum absolute atomic E-state index is 0.100. The van der Waals surface area contributed by atoms with Gasteiger partial charge in [-0.3, -0.25) is 4.79 Å². The number of hydrogen-bond acceptors (Lipinski definition) is 5. The first-order chi connectivity index (χ1) is 8.76. The average Bonchev–Trinajstić information content (AvgIpc) is 2.46. The Balaban J connectivity index is 2.12. The van der Waals surface area contributed by atoms with Crippen molar-refractivity contribution in [2.24, 2.45) is 5.16 Å². The number of amides is 1. The van der Waals surface area contributed by atoms with Gasteiger partial charge in [0.25, 0.3) is 5.91 Å². The van der Waals surface area contributed by atoms with Gasteiger partial charge in [-0.05, 0) is 12.1 Å². The molecule has 0 saturated carbocycles. The number of carbonyl (C=O) groups is 1. The maximum absolute atomic E-state index is 12.3. The molecule has 0 atom stereocenters. The van der Waals surface area contributed by atoms with Crippen molar-refractivity contribution in [1.29, 1.82) is 0 Å². The van der Waals surface area contributed by atoms with Gasteiger partial charge in [0.05, 0.1) is 12.8 Å². The quantitative estimate of drug-likeness (QED) is 0.630. The van der Waals surface area contributed by atoms with E-state index in [4.69, 9.17) is 9.94 Å². The van der Waals surface area contributed by atoms with Crippen molar-refractivity contribution in [2.75, 3.05) is 20.2 Å². The lowest BCUT2D eigenvalue weighted by atomic mass is 10.1. The fourth-order valence-electron chi connectivity index (χ4n) is 1.95. The van der Waals surface area contributed by atoms with Gasteiger partial charge >= 0.3 is 0 Å². The molecule has 0 aliphatic carbocycles. The Morgan fingerprint density at radius 2 is 2.22 bits per heavy atom. The number of ether oxygens (including phenoxy) is 1. The second-order valence-electron chi connectivity index (χ2n) is 4.02. The first-order valence-corrected chi connectivity index (χ1v) is 5.74. The monoisotopic (exact) mass is 249 g/mol. The van der Waals surface area contributed by atoms with E-state index >= 15 is 0 Å². The van der Waals surface area contributed by atoms with Gasteiger partial charge in [-0.2, -0.15) is 0 Å². The zero-order valence-electron chi connectivity index (χ0n) is 10.2. The molecule has 2 heterocycles. The van der Waals surface area contributed by atoms with Crippen LogP contribution in [0.4, 0.5) is 0 Å². The molecule has 6 heteroatoms. The summed E-state index contributed by atoms with van der Waals surface area (Å²) in [6.45, 7) is 1.10. The minimum Gasteiger partial charge on any atom is -0.480 e. The normalized spacial score (nSPS) is 15.4. The Hall–Kier alpha value is -2.11. The Kier molecular flexibility index (Phi) is 3.76. The zero-order valence-corrected chi connectivity index (χ0v) is 10.2. The van der Waals surface area contributed by atoms with Gasteiger partial charge in [-0.15, -0.1) is 0 Å². The summed E-state index contributed by atoms with van der Waals surface area (Å²) in [5, 5.41) is 11.9. The van der Waals surface area contributed by atoms with Crippen LogP contribution in [0, 0.1) is 0 Å². The molecule has 1 fully saturated rings. The van der Waals surface area contributed by atoms with E-state index in [1.807, 2.05) is 0 Å². The fraction of sp³-hybridized carbons (Fsp3) is 0.417. The van der Waals surface area contributed by atoms with Gasteiger partial charge in [0.15, 0.2) is 0 Å². The van der Waals surface area contributed by atoms with Crippen LogP contribution in [0.2, 0.25) is 0 Å². The molecule has 0 bridgehead atoms. The van der Waals surface area contributed by atoms with Crippen LogP contribution in [-0.4, -0.2) is 46.9 Å². The number of oxime groups is 1. The zero-order chi connectivity index (χ0) is 13.0. The molecule has 1 aliphatic rings. The average molecular weight is 249 g/mol. The third kappa shape index (κ3) is 2.42. The maximum atomic E-state index is 12.3. The molecule has 18 heavy (non-hydrogen) atoms. The summed E-state index contributed by atoms with van der Waals surface area (Å²) in [5.74, 6) is 0.237. The van der Waals surface area contributed by atoms with Crippen molar-refractivity contribution in [3.63, 3.8) is 0 Å². The number of piperidine rings is 1. The Bertz CT molecular complexity index is 463. The first-order valence-electron chi connectivity index (χ1n) is 5.74. The third-order valence-electron chi connectivity index (χ3n) is 2.96. The Morgan fingerprint density at radius 3 is 2.83 bits per heavy atom. The van der Waals surface area contributed by atoms with Crippen LogP contribution in [0.25, 0.3) is 0 Å². The molecular formula is C12H15N3O3. The van der Waals surface area contributed by atoms with Crippen molar-refractivity contribution in [3.05, 3.63) is 23.9 Å². The molecule has 1 aromatic heterocycles. The summed E-state index contributed by atoms with van der Waals surface area (Å²) in [5.41, 5.74) is 1.20. The molecule has 2 rings (SSSR count). The highest BCUT2D eigenvalue weighted by molar-refractivity contribution is 5.97. The summed E-state index contributed by atoms with van der Waals surface area (Å²) < 4.78 is 5.08. The minimum atomic E-state index is -0.100. The molecular weight excluding hydrogens is 234 g/mol. The van der Waals surface area contributed by atoms with Gasteiger partial charge < -0.3 is 14.8 Å². The molecule has 1 saturated heterocycles. The largest absolute Gasteiger partial charge is 0.480 e. The van der Waals surface area contributed by atoms with Gasteiger partial charge in [0, 0.05) is 32.1 Å². The third-order valence-corrected chi connectivity index (χ3v) is 2.96. The summed E-state index contributed by atoms with van der Waals surface area (Å²) in [6.07, 6.45) is 2.79. The maximum Gasteiger partial charge on any atom is 0.259 e. The summed E-state index contributed by atoms with van der Waals surface area (Å²) in [7, 11) is 1.49. The summed E-state index contributed by atoms with van der Waals surface area (Å²) in [4.78, 5) is 18.0. The molecule has 1 N–H and O–H groups in total. The van der Waals surface area contributed by atoms with E-state index in [0.717, 1.165) is 5.71 Å². The van der Waals surface area contributed by atoms with Crippen LogP contribution in [0.3, 0.4) is 0 Å². The second kappa shape index (κ2) is 5.48. The predicted octanol–water partition coefficient (Wildman–Crippen LogP) is 1.16. The molecule has 1 aromatic rings. The van der Waals surface area contributed by atoms with Crippen LogP contribution in [0.5, 0.6) is 5.88 Å². The van der Waals surface area contributed by atoms with Crippen molar-refractivity contribution >= 4 is 11.6 Å². The van der Waals surface area contributed by atoms with E-state index in [1.165, 1.54) is 7.11 Å². The van der Waals surface area contributed by atoms with Gasteiger partial charge in [0.2, 0.25) is 5.88 Å². The molecule has 6 nitrogen and oxygen atoms in total. The van der Waals surface area contributed by atoms with Crippen molar-refractivity contribution in [3.8, 4) is 5.88 Å². The second-order valence-corrected chi connectivity index (χ2v) is 4.02. The number of rotatable bonds is 2. The SMILES string of the molecule is COc1ncccc1C(=O)N1CCC(=NO)CC1. The molecule has 1 amide bonds. The Morgan fingerprint density at radius 1 is 1.50 bits per heavy atom. The standard InChI is InChI=1S/C12H15N3O3/c1-18-11-10(3-2-6-13-11)12(16)15-7-4-9(14-17)5-8-15/h2-3,6,17H,4-5,7-8H2,1H3. The van der Waals surface area contributed by atoms with E-state index in [2.05, 4.69) is 10.1 Å². The van der Waals surface area contributed by atoms with Crippen LogP contribution in [0.15, 0.2) is 23.5 Å². The highest BCUT2D eigenvalue weighted by Crippen LogP contribution is 2.18. The molecule has 0 aromatic carbocycles. The lowest BCUT2D eigenvalue weighted by Crippen LogP contribution is -2.38. The molecule has 0 radical (unpaired) electrons. The predicted molar refractivity (Wildman–Crippen MR) is 65.1 cm³/mol. The number of carbonyl (C=O) groups excluding carboxylic acids is 1.